The van der Waals surface area contributed by atoms with Crippen molar-refractivity contribution in [2.75, 3.05) is 13.1 Å². The summed E-state index contributed by atoms with van der Waals surface area (Å²) >= 11 is 0. The average molecular weight is 224 g/mol. The summed E-state index contributed by atoms with van der Waals surface area (Å²) in [6.45, 7) is 3.31. The summed E-state index contributed by atoms with van der Waals surface area (Å²) in [5.41, 5.74) is 0. The number of hydrogen-bond donors (Lipinski definition) is 2. The van der Waals surface area contributed by atoms with Crippen LogP contribution in [0.25, 0.3) is 0 Å². The second-order valence-corrected chi connectivity index (χ2v) is 3.99. The van der Waals surface area contributed by atoms with Crippen LogP contribution in [0.2, 0.25) is 0 Å². The summed E-state index contributed by atoms with van der Waals surface area (Å²) < 4.78 is 4.74. The van der Waals surface area contributed by atoms with Crippen LogP contribution in [0.3, 0.4) is 0 Å². The highest BCUT2D eigenvalue weighted by Gasteiger charge is 2.16. The molecule has 1 aromatic heterocycles. The zero-order chi connectivity index (χ0) is 11.4. The number of hydrogen-bond acceptors (Lipinski definition) is 5. The van der Waals surface area contributed by atoms with Gasteiger partial charge in [0.1, 0.15) is 0 Å². The van der Waals surface area contributed by atoms with E-state index in [4.69, 9.17) is 4.52 Å². The number of nitrogens with one attached hydrogen (secondary N) is 2. The summed E-state index contributed by atoms with van der Waals surface area (Å²) in [6.07, 6.45) is 3.54. The number of piperidine rings is 1. The van der Waals surface area contributed by atoms with E-state index in [1.54, 1.807) is 6.92 Å². The lowest BCUT2D eigenvalue weighted by Crippen LogP contribution is -2.43. The van der Waals surface area contributed by atoms with Crippen molar-refractivity contribution in [3.63, 3.8) is 0 Å². The molecule has 2 rings (SSSR count). The normalized spacial score (nSPS) is 20.7. The molecule has 0 radical (unpaired) electrons. The Balaban J connectivity index is 1.79. The Bertz CT molecular complexity index is 357. The molecule has 16 heavy (non-hydrogen) atoms. The zero-order valence-corrected chi connectivity index (χ0v) is 9.32. The Hall–Kier alpha value is -1.43. The lowest BCUT2D eigenvalue weighted by molar-refractivity contribution is 0.0934. The molecule has 2 N–H and O–H groups in total. The maximum atomic E-state index is 11.6. The summed E-state index contributed by atoms with van der Waals surface area (Å²) in [5, 5.41) is 9.71. The van der Waals surface area contributed by atoms with E-state index in [0.717, 1.165) is 13.0 Å². The SMILES string of the molecule is Cc1nc(C(=O)NCC2CCCCN2)no1. The number of carbonyl (C=O) groups excluding carboxylic acids is 1. The average Bonchev–Trinajstić information content (AvgIpc) is 2.74. The Morgan fingerprint density at radius 2 is 2.50 bits per heavy atom. The minimum atomic E-state index is -0.274. The third-order valence-electron chi connectivity index (χ3n) is 2.65. The van der Waals surface area contributed by atoms with Crippen LogP contribution in [0, 0.1) is 6.92 Å². The topological polar surface area (TPSA) is 80.0 Å². The second-order valence-electron chi connectivity index (χ2n) is 3.99. The van der Waals surface area contributed by atoms with E-state index in [1.165, 1.54) is 12.8 Å². The predicted molar refractivity (Wildman–Crippen MR) is 57.0 cm³/mol. The first-order valence-electron chi connectivity index (χ1n) is 5.57. The molecule has 0 aromatic carbocycles. The largest absolute Gasteiger partial charge is 0.348 e. The molecule has 1 fully saturated rings. The smallest absolute Gasteiger partial charge is 0.292 e. The third-order valence-corrected chi connectivity index (χ3v) is 2.65. The predicted octanol–water partition coefficient (Wildman–Crippen LogP) is 0.250. The van der Waals surface area contributed by atoms with Gasteiger partial charge in [-0.05, 0) is 19.4 Å². The molecule has 6 nitrogen and oxygen atoms in total. The van der Waals surface area contributed by atoms with Gasteiger partial charge in [0.15, 0.2) is 0 Å². The lowest BCUT2D eigenvalue weighted by atomic mass is 10.1. The van der Waals surface area contributed by atoms with Crippen molar-refractivity contribution in [2.45, 2.75) is 32.2 Å². The van der Waals surface area contributed by atoms with Gasteiger partial charge in [-0.3, -0.25) is 4.79 Å². The van der Waals surface area contributed by atoms with Crippen molar-refractivity contribution in [1.82, 2.24) is 20.8 Å². The highest BCUT2D eigenvalue weighted by molar-refractivity contribution is 5.90. The van der Waals surface area contributed by atoms with Crippen LogP contribution in [0.15, 0.2) is 4.52 Å². The van der Waals surface area contributed by atoms with Gasteiger partial charge in [0.2, 0.25) is 5.89 Å². The maximum absolute atomic E-state index is 11.6. The molecular weight excluding hydrogens is 208 g/mol. The van der Waals surface area contributed by atoms with Crippen LogP contribution in [-0.2, 0) is 0 Å². The molecule has 0 bridgehead atoms. The number of rotatable bonds is 3. The Morgan fingerprint density at radius 3 is 3.12 bits per heavy atom. The van der Waals surface area contributed by atoms with Gasteiger partial charge in [-0.2, -0.15) is 4.98 Å². The summed E-state index contributed by atoms with van der Waals surface area (Å²) in [6, 6.07) is 0.366. The van der Waals surface area contributed by atoms with Gasteiger partial charge in [-0.15, -0.1) is 0 Å². The van der Waals surface area contributed by atoms with Crippen molar-refractivity contribution >= 4 is 5.91 Å². The third kappa shape index (κ3) is 2.79. The molecule has 1 aromatic rings. The number of aryl methyl sites for hydroxylation is 1. The first-order valence-corrected chi connectivity index (χ1v) is 5.57. The molecule has 2 heterocycles. The van der Waals surface area contributed by atoms with Crippen molar-refractivity contribution in [3.05, 3.63) is 11.7 Å². The van der Waals surface area contributed by atoms with Crippen LogP contribution < -0.4 is 10.6 Å². The van der Waals surface area contributed by atoms with Gasteiger partial charge in [-0.1, -0.05) is 11.6 Å². The molecule has 0 spiro atoms. The standard InChI is InChI=1S/C10H16N4O2/c1-7-13-9(14-16-7)10(15)12-6-8-4-2-3-5-11-8/h8,11H,2-6H2,1H3,(H,12,15). The van der Waals surface area contributed by atoms with Gasteiger partial charge in [-0.25, -0.2) is 0 Å². The first-order chi connectivity index (χ1) is 7.75. The first kappa shape index (κ1) is 11.1. The maximum Gasteiger partial charge on any atom is 0.292 e. The van der Waals surface area contributed by atoms with Crippen LogP contribution >= 0.6 is 0 Å². The Kier molecular flexibility index (Phi) is 3.51. The van der Waals surface area contributed by atoms with E-state index in [1.807, 2.05) is 0 Å². The van der Waals surface area contributed by atoms with E-state index >= 15 is 0 Å². The van der Waals surface area contributed by atoms with E-state index in [-0.39, 0.29) is 11.7 Å². The number of nitrogens with zero attached hydrogens (tertiary/aromatic N) is 2. The molecule has 1 unspecified atom stereocenters. The summed E-state index contributed by atoms with van der Waals surface area (Å²) in [5.74, 6) is 0.235. The lowest BCUT2D eigenvalue weighted by Gasteiger charge is -2.23. The molecule has 0 saturated carbocycles. The minimum absolute atomic E-state index is 0.105. The van der Waals surface area contributed by atoms with Crippen LogP contribution in [0.5, 0.6) is 0 Å². The molecule has 1 atom stereocenters. The zero-order valence-electron chi connectivity index (χ0n) is 9.32. The van der Waals surface area contributed by atoms with E-state index in [9.17, 15) is 4.79 Å². The minimum Gasteiger partial charge on any atom is -0.348 e. The van der Waals surface area contributed by atoms with E-state index in [2.05, 4.69) is 20.8 Å². The molecular formula is C10H16N4O2. The quantitative estimate of drug-likeness (QED) is 0.769. The number of amides is 1. The molecule has 1 saturated heterocycles. The number of aromatic nitrogens is 2. The van der Waals surface area contributed by atoms with Gasteiger partial charge in [0, 0.05) is 19.5 Å². The molecule has 1 aliphatic rings. The van der Waals surface area contributed by atoms with Crippen molar-refractivity contribution in [3.8, 4) is 0 Å². The summed E-state index contributed by atoms with van der Waals surface area (Å²) in [4.78, 5) is 15.4. The fourth-order valence-electron chi connectivity index (χ4n) is 1.78. The van der Waals surface area contributed by atoms with Crippen LogP contribution in [-0.4, -0.2) is 35.2 Å². The number of carbonyl (C=O) groups is 1. The van der Waals surface area contributed by atoms with Crippen LogP contribution in [0.1, 0.15) is 35.8 Å². The van der Waals surface area contributed by atoms with E-state index in [0.29, 0.717) is 18.5 Å². The highest BCUT2D eigenvalue weighted by atomic mass is 16.5. The molecule has 6 heteroatoms. The van der Waals surface area contributed by atoms with Gasteiger partial charge >= 0.3 is 0 Å². The van der Waals surface area contributed by atoms with Crippen LogP contribution in [0.4, 0.5) is 0 Å². The fraction of sp³-hybridized carbons (Fsp3) is 0.700. The van der Waals surface area contributed by atoms with E-state index < -0.39 is 0 Å². The Morgan fingerprint density at radius 1 is 1.62 bits per heavy atom. The molecule has 1 amide bonds. The molecule has 88 valence electrons. The monoisotopic (exact) mass is 224 g/mol. The van der Waals surface area contributed by atoms with Gasteiger partial charge < -0.3 is 15.2 Å². The fourth-order valence-corrected chi connectivity index (χ4v) is 1.78. The Labute approximate surface area is 93.8 Å². The summed E-state index contributed by atoms with van der Waals surface area (Å²) in [7, 11) is 0. The second kappa shape index (κ2) is 5.07. The highest BCUT2D eigenvalue weighted by Crippen LogP contribution is 2.05. The van der Waals surface area contributed by atoms with Crippen molar-refractivity contribution in [1.29, 1.82) is 0 Å². The molecule has 0 aliphatic carbocycles. The van der Waals surface area contributed by atoms with Gasteiger partial charge in [0.05, 0.1) is 0 Å². The van der Waals surface area contributed by atoms with Gasteiger partial charge in [0.25, 0.3) is 11.7 Å². The van der Waals surface area contributed by atoms with Crippen molar-refractivity contribution in [2.24, 2.45) is 0 Å². The van der Waals surface area contributed by atoms with Crippen molar-refractivity contribution < 1.29 is 9.32 Å². The molecule has 1 aliphatic heterocycles.